The van der Waals surface area contributed by atoms with Crippen molar-refractivity contribution >= 4 is 11.9 Å². The fourth-order valence-corrected chi connectivity index (χ4v) is 3.19. The second-order valence-corrected chi connectivity index (χ2v) is 7.16. The zero-order chi connectivity index (χ0) is 20.4. The molecule has 1 heterocycles. The van der Waals surface area contributed by atoms with Gasteiger partial charge in [-0.15, -0.1) is 0 Å². The van der Waals surface area contributed by atoms with Gasteiger partial charge in [-0.25, -0.2) is 4.79 Å². The van der Waals surface area contributed by atoms with Gasteiger partial charge in [0.2, 0.25) is 5.91 Å². The number of unbranched alkanes of at least 4 members (excludes halogenated alkanes) is 1. The summed E-state index contributed by atoms with van der Waals surface area (Å²) in [6, 6.07) is 10.7. The highest BCUT2D eigenvalue weighted by Gasteiger charge is 2.45. The highest BCUT2D eigenvalue weighted by atomic mass is 16.2. The molecule has 0 saturated carbocycles. The van der Waals surface area contributed by atoms with Crippen LogP contribution in [0.1, 0.15) is 52.0 Å². The predicted octanol–water partition coefficient (Wildman–Crippen LogP) is 3.59. The van der Waals surface area contributed by atoms with Crippen molar-refractivity contribution in [3.05, 3.63) is 35.9 Å². The number of hydrogen-bond acceptors (Lipinski definition) is 3. The highest BCUT2D eigenvalue weighted by molar-refractivity contribution is 5.90. The second kappa shape index (κ2) is 11.2. The van der Waals surface area contributed by atoms with Gasteiger partial charge >= 0.3 is 6.03 Å². The van der Waals surface area contributed by atoms with Crippen LogP contribution in [0.3, 0.4) is 0 Å². The van der Waals surface area contributed by atoms with Gasteiger partial charge in [0, 0.05) is 14.1 Å². The lowest BCUT2D eigenvalue weighted by atomic mass is 10.0. The molecule has 27 heavy (non-hydrogen) atoms. The molecule has 3 amide bonds. The SMILES string of the molecule is CCCCC1N(C)C(=O)[C@H](CC(C)C)N1C(=O)NC.N#Cc1ccccc1. The molecule has 1 fully saturated rings. The summed E-state index contributed by atoms with van der Waals surface area (Å²) in [6.07, 6.45) is 3.55. The lowest BCUT2D eigenvalue weighted by Gasteiger charge is -2.30. The van der Waals surface area contributed by atoms with Crippen molar-refractivity contribution in [1.82, 2.24) is 15.1 Å². The lowest BCUT2D eigenvalue weighted by molar-refractivity contribution is -0.129. The third kappa shape index (κ3) is 6.28. The predicted molar refractivity (Wildman–Crippen MR) is 107 cm³/mol. The average molecular weight is 373 g/mol. The molecule has 1 aromatic rings. The summed E-state index contributed by atoms with van der Waals surface area (Å²) in [5.41, 5.74) is 0.715. The van der Waals surface area contributed by atoms with E-state index in [4.69, 9.17) is 5.26 Å². The first-order valence-corrected chi connectivity index (χ1v) is 9.59. The van der Waals surface area contributed by atoms with Crippen LogP contribution in [0.5, 0.6) is 0 Å². The molecule has 0 aliphatic carbocycles. The number of nitrogens with zero attached hydrogens (tertiary/aromatic N) is 3. The Balaban J connectivity index is 0.000000377. The van der Waals surface area contributed by atoms with Crippen LogP contribution < -0.4 is 5.32 Å². The maximum atomic E-state index is 12.3. The van der Waals surface area contributed by atoms with Gasteiger partial charge < -0.3 is 10.2 Å². The third-order valence-corrected chi connectivity index (χ3v) is 4.60. The van der Waals surface area contributed by atoms with Gasteiger partial charge in [-0.05, 0) is 37.3 Å². The van der Waals surface area contributed by atoms with Crippen LogP contribution in [0.25, 0.3) is 0 Å². The summed E-state index contributed by atoms with van der Waals surface area (Å²) >= 11 is 0. The first-order chi connectivity index (χ1) is 12.9. The Bertz CT molecular complexity index is 639. The molecular formula is C21H32N4O2. The number of rotatable bonds is 5. The summed E-state index contributed by atoms with van der Waals surface area (Å²) in [6.45, 7) is 6.27. The van der Waals surface area contributed by atoms with Gasteiger partial charge in [0.25, 0.3) is 0 Å². The van der Waals surface area contributed by atoms with E-state index in [9.17, 15) is 9.59 Å². The Labute approximate surface area is 163 Å². The first kappa shape index (κ1) is 22.5. The molecular weight excluding hydrogens is 340 g/mol. The van der Waals surface area contributed by atoms with Crippen LogP contribution in [0.4, 0.5) is 4.79 Å². The van der Waals surface area contributed by atoms with Gasteiger partial charge in [-0.1, -0.05) is 45.4 Å². The Morgan fingerprint density at radius 2 is 1.93 bits per heavy atom. The van der Waals surface area contributed by atoms with Crippen molar-refractivity contribution in [3.8, 4) is 6.07 Å². The molecule has 0 radical (unpaired) electrons. The molecule has 1 aliphatic rings. The van der Waals surface area contributed by atoms with E-state index in [1.165, 1.54) is 0 Å². The van der Waals surface area contributed by atoms with E-state index >= 15 is 0 Å². The molecule has 1 N–H and O–H groups in total. The van der Waals surface area contributed by atoms with Crippen molar-refractivity contribution in [3.63, 3.8) is 0 Å². The minimum absolute atomic E-state index is 0.0680. The molecule has 6 heteroatoms. The van der Waals surface area contributed by atoms with E-state index < -0.39 is 0 Å². The summed E-state index contributed by atoms with van der Waals surface area (Å²) in [5.74, 6) is 0.456. The molecule has 1 saturated heterocycles. The van der Waals surface area contributed by atoms with Gasteiger partial charge in [0.05, 0.1) is 11.6 Å². The van der Waals surface area contributed by atoms with Crippen LogP contribution >= 0.6 is 0 Å². The van der Waals surface area contributed by atoms with E-state index in [0.29, 0.717) is 11.5 Å². The maximum Gasteiger partial charge on any atom is 0.319 e. The zero-order valence-corrected chi connectivity index (χ0v) is 17.1. The minimum atomic E-state index is -0.313. The van der Waals surface area contributed by atoms with Crippen molar-refractivity contribution < 1.29 is 9.59 Å². The average Bonchev–Trinajstić information content (AvgIpc) is 2.90. The number of nitrogens with one attached hydrogen (secondary N) is 1. The van der Waals surface area contributed by atoms with Crippen LogP contribution in [-0.2, 0) is 4.79 Å². The number of likely N-dealkylation sites (N-methyl/N-ethyl adjacent to an activating group) is 1. The Morgan fingerprint density at radius 1 is 1.30 bits per heavy atom. The van der Waals surface area contributed by atoms with Crippen molar-refractivity contribution in [2.75, 3.05) is 14.1 Å². The van der Waals surface area contributed by atoms with E-state index in [2.05, 4.69) is 26.1 Å². The number of nitriles is 1. The molecule has 1 aromatic carbocycles. The van der Waals surface area contributed by atoms with Crippen molar-refractivity contribution in [1.29, 1.82) is 5.26 Å². The summed E-state index contributed by atoms with van der Waals surface area (Å²) in [7, 11) is 3.42. The molecule has 1 aliphatic heterocycles. The quantitative estimate of drug-likeness (QED) is 0.858. The Kier molecular flexibility index (Phi) is 9.35. The summed E-state index contributed by atoms with van der Waals surface area (Å²) in [5, 5.41) is 11.0. The maximum absolute atomic E-state index is 12.3. The van der Waals surface area contributed by atoms with Gasteiger partial charge in [-0.3, -0.25) is 9.69 Å². The fourth-order valence-electron chi connectivity index (χ4n) is 3.19. The molecule has 1 unspecified atom stereocenters. The molecule has 148 valence electrons. The van der Waals surface area contributed by atoms with Gasteiger partial charge in [-0.2, -0.15) is 5.26 Å². The largest absolute Gasteiger partial charge is 0.341 e. The number of urea groups is 1. The number of amides is 3. The molecule has 2 atom stereocenters. The fraction of sp³-hybridized carbons (Fsp3) is 0.571. The highest BCUT2D eigenvalue weighted by Crippen LogP contribution is 2.28. The standard InChI is InChI=1S/C14H27N3O2.C7H5N/c1-6-7-8-12-16(5)13(18)11(9-10(2)3)17(12)14(19)15-4;8-6-7-4-2-1-3-5-7/h10-12H,6-9H2,1-5H3,(H,15,19);1-5H/t11-,12?;/m0./s1. The summed E-state index contributed by atoms with van der Waals surface area (Å²) in [4.78, 5) is 27.9. The molecule has 0 spiro atoms. The summed E-state index contributed by atoms with van der Waals surface area (Å²) < 4.78 is 0. The third-order valence-electron chi connectivity index (χ3n) is 4.60. The Hall–Kier alpha value is -2.55. The molecule has 0 aromatic heterocycles. The first-order valence-electron chi connectivity index (χ1n) is 9.59. The van der Waals surface area contributed by atoms with Crippen LogP contribution in [0.2, 0.25) is 0 Å². The smallest absolute Gasteiger partial charge is 0.319 e. The van der Waals surface area contributed by atoms with Crippen LogP contribution in [0.15, 0.2) is 30.3 Å². The molecule has 6 nitrogen and oxygen atoms in total. The van der Waals surface area contributed by atoms with Gasteiger partial charge in [0.1, 0.15) is 12.2 Å². The van der Waals surface area contributed by atoms with Crippen LogP contribution in [-0.4, -0.2) is 48.0 Å². The van der Waals surface area contributed by atoms with E-state index in [0.717, 1.165) is 25.7 Å². The number of carbonyl (C=O) groups is 2. The van der Waals surface area contributed by atoms with E-state index in [1.54, 1.807) is 36.0 Å². The lowest BCUT2D eigenvalue weighted by Crippen LogP contribution is -2.48. The van der Waals surface area contributed by atoms with Crippen molar-refractivity contribution in [2.45, 2.75) is 58.7 Å². The number of carbonyl (C=O) groups excluding carboxylic acids is 2. The zero-order valence-electron chi connectivity index (χ0n) is 17.1. The normalized spacial score (nSPS) is 18.8. The van der Waals surface area contributed by atoms with Gasteiger partial charge in [0.15, 0.2) is 0 Å². The molecule has 0 bridgehead atoms. The van der Waals surface area contributed by atoms with Crippen LogP contribution in [0, 0.1) is 17.2 Å². The monoisotopic (exact) mass is 372 g/mol. The van der Waals surface area contributed by atoms with E-state index in [-0.39, 0.29) is 24.1 Å². The minimum Gasteiger partial charge on any atom is -0.341 e. The van der Waals surface area contributed by atoms with E-state index in [1.807, 2.05) is 24.3 Å². The number of hydrogen-bond donors (Lipinski definition) is 1. The molecule has 2 rings (SSSR count). The second-order valence-electron chi connectivity index (χ2n) is 7.16. The van der Waals surface area contributed by atoms with Crippen molar-refractivity contribution in [2.24, 2.45) is 5.92 Å². The topological polar surface area (TPSA) is 76.4 Å². The Morgan fingerprint density at radius 3 is 2.37 bits per heavy atom. The number of benzene rings is 1.